The molecule has 7 nitrogen and oxygen atoms in total. The first-order valence-corrected chi connectivity index (χ1v) is 12.3. The van der Waals surface area contributed by atoms with E-state index in [1.54, 1.807) is 17.0 Å². The van der Waals surface area contributed by atoms with Crippen molar-refractivity contribution in [1.29, 1.82) is 0 Å². The number of benzene rings is 3. The zero-order valence-corrected chi connectivity index (χ0v) is 20.3. The number of para-hydroxylation sites is 1. The predicted octanol–water partition coefficient (Wildman–Crippen LogP) is 5.14. The van der Waals surface area contributed by atoms with Crippen molar-refractivity contribution in [3.05, 3.63) is 83.9 Å². The van der Waals surface area contributed by atoms with Crippen molar-refractivity contribution in [2.75, 3.05) is 25.0 Å². The largest absolute Gasteiger partial charge is 0.486 e. The van der Waals surface area contributed by atoms with Crippen LogP contribution in [0.15, 0.2) is 72.8 Å². The molecule has 184 valence electrons. The number of hydrogen-bond acceptors (Lipinski definition) is 4. The molecule has 2 aliphatic rings. The molecule has 3 aromatic carbocycles. The smallest absolute Gasteiger partial charge is 0.319 e. The van der Waals surface area contributed by atoms with Crippen molar-refractivity contribution in [3.63, 3.8) is 0 Å². The summed E-state index contributed by atoms with van der Waals surface area (Å²) in [5, 5.41) is 5.53. The van der Waals surface area contributed by atoms with E-state index >= 15 is 0 Å². The number of nitrogens with zero attached hydrogens (tertiary/aromatic N) is 1. The molecule has 1 fully saturated rings. The highest BCUT2D eigenvalue weighted by atomic mass is 16.5. The maximum Gasteiger partial charge on any atom is 0.319 e. The SMILES string of the molecule is CCNC(=O)Nc1ccc(-c2ccccc2)cc1C(=O)N1CCC2(CC1)CC(=O)c1ccccc1O2. The van der Waals surface area contributed by atoms with Crippen LogP contribution in [-0.2, 0) is 0 Å². The minimum atomic E-state index is -0.587. The van der Waals surface area contributed by atoms with Crippen LogP contribution in [0.3, 0.4) is 0 Å². The van der Waals surface area contributed by atoms with Gasteiger partial charge < -0.3 is 20.3 Å². The fourth-order valence-electron chi connectivity index (χ4n) is 4.98. The van der Waals surface area contributed by atoms with Gasteiger partial charge in [-0.3, -0.25) is 9.59 Å². The van der Waals surface area contributed by atoms with Crippen LogP contribution in [0.5, 0.6) is 5.75 Å². The Balaban J connectivity index is 1.38. The highest BCUT2D eigenvalue weighted by Gasteiger charge is 2.43. The fraction of sp³-hybridized carbons (Fsp3) is 0.276. The number of carbonyl (C=O) groups is 3. The highest BCUT2D eigenvalue weighted by Crippen LogP contribution is 2.39. The number of likely N-dealkylation sites (tertiary alicyclic amines) is 1. The molecule has 2 aliphatic heterocycles. The molecule has 0 saturated carbocycles. The summed E-state index contributed by atoms with van der Waals surface area (Å²) in [6.45, 7) is 3.24. The monoisotopic (exact) mass is 483 g/mol. The van der Waals surface area contributed by atoms with Crippen LogP contribution in [-0.4, -0.2) is 47.9 Å². The number of rotatable bonds is 4. The molecule has 0 bridgehead atoms. The van der Waals surface area contributed by atoms with Crippen LogP contribution >= 0.6 is 0 Å². The second-order valence-electron chi connectivity index (χ2n) is 9.28. The summed E-state index contributed by atoms with van der Waals surface area (Å²) < 4.78 is 6.32. The molecule has 7 heteroatoms. The lowest BCUT2D eigenvalue weighted by atomic mass is 9.82. The van der Waals surface area contributed by atoms with Gasteiger partial charge in [0.15, 0.2) is 5.78 Å². The van der Waals surface area contributed by atoms with E-state index in [1.165, 1.54) is 0 Å². The van der Waals surface area contributed by atoms with Crippen LogP contribution in [0.1, 0.15) is 46.9 Å². The summed E-state index contributed by atoms with van der Waals surface area (Å²) >= 11 is 0. The van der Waals surface area contributed by atoms with Crippen LogP contribution in [0.25, 0.3) is 11.1 Å². The van der Waals surface area contributed by atoms with Crippen LogP contribution in [0.2, 0.25) is 0 Å². The van der Waals surface area contributed by atoms with Crippen molar-refractivity contribution in [2.45, 2.75) is 31.8 Å². The van der Waals surface area contributed by atoms with Gasteiger partial charge in [-0.05, 0) is 42.3 Å². The summed E-state index contributed by atoms with van der Waals surface area (Å²) in [4.78, 5) is 40.5. The summed E-state index contributed by atoms with van der Waals surface area (Å²) in [6.07, 6.45) is 1.45. The third-order valence-corrected chi connectivity index (χ3v) is 6.90. The number of anilines is 1. The molecule has 0 radical (unpaired) electrons. The summed E-state index contributed by atoms with van der Waals surface area (Å²) in [5.41, 5.74) is 2.82. The number of fused-ring (bicyclic) bond motifs is 1. The Morgan fingerprint density at radius 3 is 2.42 bits per heavy atom. The molecular formula is C29H29N3O4. The van der Waals surface area contributed by atoms with Gasteiger partial charge in [-0.2, -0.15) is 0 Å². The molecule has 3 amide bonds. The number of piperidine rings is 1. The van der Waals surface area contributed by atoms with E-state index in [1.807, 2.05) is 67.6 Å². The molecule has 2 heterocycles. The number of amides is 3. The molecule has 1 saturated heterocycles. The van der Waals surface area contributed by atoms with Gasteiger partial charge in [-0.1, -0.05) is 48.5 Å². The van der Waals surface area contributed by atoms with Crippen molar-refractivity contribution in [2.24, 2.45) is 0 Å². The van der Waals surface area contributed by atoms with E-state index in [0.29, 0.717) is 61.5 Å². The molecule has 3 aromatic rings. The van der Waals surface area contributed by atoms with Gasteiger partial charge in [0, 0.05) is 32.5 Å². The molecule has 0 unspecified atom stereocenters. The van der Waals surface area contributed by atoms with Gasteiger partial charge in [0.25, 0.3) is 5.91 Å². The molecule has 1 spiro atoms. The number of urea groups is 1. The molecule has 0 aliphatic carbocycles. The van der Waals surface area contributed by atoms with Crippen LogP contribution in [0, 0.1) is 0 Å². The van der Waals surface area contributed by atoms with E-state index in [0.717, 1.165) is 11.1 Å². The Morgan fingerprint density at radius 1 is 0.944 bits per heavy atom. The maximum atomic E-state index is 13.7. The van der Waals surface area contributed by atoms with Crippen LogP contribution in [0.4, 0.5) is 10.5 Å². The van der Waals surface area contributed by atoms with Crippen LogP contribution < -0.4 is 15.4 Å². The van der Waals surface area contributed by atoms with Gasteiger partial charge >= 0.3 is 6.03 Å². The minimum Gasteiger partial charge on any atom is -0.486 e. The van der Waals surface area contributed by atoms with Gasteiger partial charge in [0.2, 0.25) is 0 Å². The first kappa shape index (κ1) is 23.6. The third-order valence-electron chi connectivity index (χ3n) is 6.90. The molecule has 36 heavy (non-hydrogen) atoms. The summed E-state index contributed by atoms with van der Waals surface area (Å²) in [6, 6.07) is 22.3. The topological polar surface area (TPSA) is 87.7 Å². The molecule has 5 rings (SSSR count). The molecule has 0 atom stereocenters. The quantitative estimate of drug-likeness (QED) is 0.538. The fourth-order valence-corrected chi connectivity index (χ4v) is 4.98. The minimum absolute atomic E-state index is 0.0839. The lowest BCUT2D eigenvalue weighted by Gasteiger charge is -2.44. The second kappa shape index (κ2) is 9.85. The summed E-state index contributed by atoms with van der Waals surface area (Å²) in [5.74, 6) is 0.551. The lowest BCUT2D eigenvalue weighted by molar-refractivity contribution is -0.00567. The van der Waals surface area contributed by atoms with Gasteiger partial charge in [0.1, 0.15) is 11.4 Å². The lowest BCUT2D eigenvalue weighted by Crippen LogP contribution is -2.52. The zero-order chi connectivity index (χ0) is 25.1. The molecule has 2 N–H and O–H groups in total. The van der Waals surface area contributed by atoms with E-state index in [-0.39, 0.29) is 17.7 Å². The predicted molar refractivity (Wildman–Crippen MR) is 138 cm³/mol. The van der Waals surface area contributed by atoms with Crippen molar-refractivity contribution in [3.8, 4) is 16.9 Å². The standard InChI is InChI=1S/C29H29N3O4/c1-2-30-28(35)31-24-13-12-21(20-8-4-3-5-9-20)18-23(24)27(34)32-16-14-29(15-17-32)19-25(33)22-10-6-7-11-26(22)36-29/h3-13,18H,2,14-17,19H2,1H3,(H2,30,31,35). The van der Waals surface area contributed by atoms with E-state index in [4.69, 9.17) is 4.74 Å². The van der Waals surface area contributed by atoms with Gasteiger partial charge in [-0.25, -0.2) is 4.79 Å². The molecule has 0 aromatic heterocycles. The first-order valence-electron chi connectivity index (χ1n) is 12.3. The zero-order valence-electron chi connectivity index (χ0n) is 20.3. The number of Topliss-reactive ketones (excluding diaryl/α,β-unsaturated/α-hetero) is 1. The Kier molecular flexibility index (Phi) is 6.46. The Hall–Kier alpha value is -4.13. The number of ketones is 1. The van der Waals surface area contributed by atoms with Gasteiger partial charge in [-0.15, -0.1) is 0 Å². The van der Waals surface area contributed by atoms with E-state index in [9.17, 15) is 14.4 Å². The van der Waals surface area contributed by atoms with Crippen molar-refractivity contribution in [1.82, 2.24) is 10.2 Å². The Bertz CT molecular complexity index is 1300. The number of hydrogen-bond donors (Lipinski definition) is 2. The average Bonchev–Trinajstić information content (AvgIpc) is 2.89. The number of carbonyl (C=O) groups excluding carboxylic acids is 3. The van der Waals surface area contributed by atoms with Gasteiger partial charge in [0.05, 0.1) is 23.2 Å². The first-order chi connectivity index (χ1) is 17.5. The van der Waals surface area contributed by atoms with Crippen molar-refractivity contribution >= 4 is 23.4 Å². The molecular weight excluding hydrogens is 454 g/mol. The Labute approximate surface area is 210 Å². The second-order valence-corrected chi connectivity index (χ2v) is 9.28. The maximum absolute atomic E-state index is 13.7. The number of nitrogens with one attached hydrogen (secondary N) is 2. The average molecular weight is 484 g/mol. The van der Waals surface area contributed by atoms with Crippen molar-refractivity contribution < 1.29 is 19.1 Å². The number of ether oxygens (including phenoxy) is 1. The highest BCUT2D eigenvalue weighted by molar-refractivity contribution is 6.04. The summed E-state index contributed by atoms with van der Waals surface area (Å²) in [7, 11) is 0. The Morgan fingerprint density at radius 2 is 1.67 bits per heavy atom. The van der Waals surface area contributed by atoms with E-state index in [2.05, 4.69) is 10.6 Å². The van der Waals surface area contributed by atoms with E-state index < -0.39 is 5.60 Å². The normalized spacial score (nSPS) is 16.1. The third kappa shape index (κ3) is 4.69.